The van der Waals surface area contributed by atoms with Crippen LogP contribution in [0, 0.1) is 10.1 Å². The average molecular weight is 265 g/mol. The topological polar surface area (TPSA) is 110 Å². The first-order valence-electron chi connectivity index (χ1n) is 6.00. The van der Waals surface area contributed by atoms with Crippen LogP contribution in [0.5, 0.6) is 0 Å². The number of hydrogen-bond acceptors (Lipinski definition) is 5. The zero-order valence-corrected chi connectivity index (χ0v) is 10.3. The van der Waals surface area contributed by atoms with Gasteiger partial charge in [-0.15, -0.1) is 0 Å². The number of nitro groups is 1. The van der Waals surface area contributed by atoms with Gasteiger partial charge in [0.2, 0.25) is 0 Å². The molecule has 0 bridgehead atoms. The maximum atomic E-state index is 12.2. The number of carbonyl (C=O) groups is 1. The Labute approximate surface area is 109 Å². The van der Waals surface area contributed by atoms with Crippen LogP contribution < -0.4 is 5.73 Å². The largest absolute Gasteiger partial charge is 0.393 e. The lowest BCUT2D eigenvalue weighted by Gasteiger charge is -2.30. The molecule has 19 heavy (non-hydrogen) atoms. The van der Waals surface area contributed by atoms with Crippen LogP contribution in [0.2, 0.25) is 0 Å². The van der Waals surface area contributed by atoms with E-state index in [-0.39, 0.29) is 29.4 Å². The van der Waals surface area contributed by atoms with Crippen molar-refractivity contribution in [2.24, 2.45) is 0 Å². The first-order chi connectivity index (χ1) is 8.99. The van der Waals surface area contributed by atoms with Crippen LogP contribution >= 0.6 is 0 Å². The van der Waals surface area contributed by atoms with Gasteiger partial charge in [0.15, 0.2) is 0 Å². The van der Waals surface area contributed by atoms with Crippen molar-refractivity contribution in [1.82, 2.24) is 4.90 Å². The molecule has 1 atom stereocenters. The highest BCUT2D eigenvalue weighted by molar-refractivity contribution is 5.95. The van der Waals surface area contributed by atoms with Gasteiger partial charge in [-0.25, -0.2) is 0 Å². The van der Waals surface area contributed by atoms with E-state index in [1.165, 1.54) is 23.1 Å². The van der Waals surface area contributed by atoms with Crippen LogP contribution in [0.3, 0.4) is 0 Å². The molecule has 1 saturated heterocycles. The zero-order valence-electron chi connectivity index (χ0n) is 10.3. The molecule has 0 saturated carbocycles. The van der Waals surface area contributed by atoms with E-state index in [0.29, 0.717) is 13.0 Å². The number of anilines is 1. The third kappa shape index (κ3) is 2.82. The van der Waals surface area contributed by atoms with E-state index in [0.717, 1.165) is 6.42 Å². The number of rotatable bonds is 2. The number of aliphatic hydroxyl groups is 1. The van der Waals surface area contributed by atoms with Crippen molar-refractivity contribution in [3.63, 3.8) is 0 Å². The number of β-amino-alcohol motifs (C(OH)–C–C–N with tert-alkyl or cyclic N) is 1. The highest BCUT2D eigenvalue weighted by Crippen LogP contribution is 2.23. The van der Waals surface area contributed by atoms with Crippen LogP contribution in [0.25, 0.3) is 0 Å². The molecule has 1 amide bonds. The molecular formula is C12H15N3O4. The quantitative estimate of drug-likeness (QED) is 0.466. The van der Waals surface area contributed by atoms with Crippen molar-refractivity contribution >= 4 is 17.3 Å². The first-order valence-corrected chi connectivity index (χ1v) is 6.00. The molecule has 0 spiro atoms. The molecule has 1 heterocycles. The predicted molar refractivity (Wildman–Crippen MR) is 68.7 cm³/mol. The average Bonchev–Trinajstić information content (AvgIpc) is 2.38. The van der Waals surface area contributed by atoms with Crippen molar-refractivity contribution in [3.05, 3.63) is 33.9 Å². The molecule has 0 aromatic heterocycles. The van der Waals surface area contributed by atoms with Crippen LogP contribution in [0.1, 0.15) is 23.2 Å². The number of nitrogens with two attached hydrogens (primary N) is 1. The smallest absolute Gasteiger partial charge is 0.292 e. The van der Waals surface area contributed by atoms with E-state index >= 15 is 0 Å². The molecule has 0 aliphatic carbocycles. The summed E-state index contributed by atoms with van der Waals surface area (Å²) in [4.78, 5) is 23.9. The van der Waals surface area contributed by atoms with Crippen LogP contribution in [-0.4, -0.2) is 40.0 Å². The molecule has 7 heteroatoms. The molecule has 1 fully saturated rings. The second-order valence-electron chi connectivity index (χ2n) is 4.58. The third-order valence-electron chi connectivity index (χ3n) is 3.16. The second kappa shape index (κ2) is 5.23. The summed E-state index contributed by atoms with van der Waals surface area (Å²) in [5.74, 6) is -0.318. The molecule has 1 aromatic rings. The van der Waals surface area contributed by atoms with E-state index in [1.807, 2.05) is 0 Å². The Hall–Kier alpha value is -2.15. The minimum atomic E-state index is -0.614. The Morgan fingerprint density at radius 2 is 2.26 bits per heavy atom. The molecule has 1 aromatic carbocycles. The van der Waals surface area contributed by atoms with Gasteiger partial charge in [-0.05, 0) is 25.0 Å². The van der Waals surface area contributed by atoms with E-state index in [4.69, 9.17) is 5.73 Å². The fourth-order valence-corrected chi connectivity index (χ4v) is 2.16. The lowest BCUT2D eigenvalue weighted by molar-refractivity contribution is -0.383. The van der Waals surface area contributed by atoms with Gasteiger partial charge >= 0.3 is 0 Å². The Morgan fingerprint density at radius 3 is 2.89 bits per heavy atom. The zero-order chi connectivity index (χ0) is 14.0. The minimum Gasteiger partial charge on any atom is -0.393 e. The standard InChI is InChI=1S/C12H15N3O4/c13-10-4-3-8(6-11(10)15(18)19)12(17)14-5-1-2-9(16)7-14/h3-4,6,9,16H,1-2,5,7,13H2. The number of amides is 1. The lowest BCUT2D eigenvalue weighted by Crippen LogP contribution is -2.42. The number of nitrogens with zero attached hydrogens (tertiary/aromatic N) is 2. The number of benzene rings is 1. The van der Waals surface area contributed by atoms with E-state index in [9.17, 15) is 20.0 Å². The van der Waals surface area contributed by atoms with Crippen molar-refractivity contribution in [1.29, 1.82) is 0 Å². The van der Waals surface area contributed by atoms with Crippen LogP contribution in [0.4, 0.5) is 11.4 Å². The monoisotopic (exact) mass is 265 g/mol. The molecule has 2 rings (SSSR count). The number of nitrogen functional groups attached to an aromatic ring is 1. The SMILES string of the molecule is Nc1ccc(C(=O)N2CCCC(O)C2)cc1[N+](=O)[O-]. The van der Waals surface area contributed by atoms with Gasteiger partial charge in [-0.2, -0.15) is 0 Å². The van der Waals surface area contributed by atoms with Gasteiger partial charge in [0, 0.05) is 24.7 Å². The molecule has 1 aliphatic rings. The maximum Gasteiger partial charge on any atom is 0.292 e. The summed E-state index contributed by atoms with van der Waals surface area (Å²) in [5, 5.41) is 20.3. The molecule has 1 aliphatic heterocycles. The molecule has 0 radical (unpaired) electrons. The van der Waals surface area contributed by atoms with Crippen LogP contribution in [-0.2, 0) is 0 Å². The summed E-state index contributed by atoms with van der Waals surface area (Å²) in [5.41, 5.74) is 5.46. The summed E-state index contributed by atoms with van der Waals surface area (Å²) in [6, 6.07) is 4.00. The highest BCUT2D eigenvalue weighted by atomic mass is 16.6. The van der Waals surface area contributed by atoms with Gasteiger partial charge in [0.05, 0.1) is 11.0 Å². The van der Waals surface area contributed by atoms with Crippen molar-refractivity contribution < 1.29 is 14.8 Å². The minimum absolute atomic E-state index is 0.0280. The summed E-state index contributed by atoms with van der Waals surface area (Å²) in [6.07, 6.45) is 0.872. The number of piperidine rings is 1. The first kappa shape index (κ1) is 13.3. The summed E-state index contributed by atoms with van der Waals surface area (Å²) < 4.78 is 0. The molecule has 7 nitrogen and oxygen atoms in total. The number of nitro benzene ring substituents is 1. The number of carbonyl (C=O) groups excluding carboxylic acids is 1. The van der Waals surface area contributed by atoms with Crippen molar-refractivity contribution in [2.75, 3.05) is 18.8 Å². The van der Waals surface area contributed by atoms with Gasteiger partial charge in [-0.1, -0.05) is 0 Å². The molecule has 102 valence electrons. The van der Waals surface area contributed by atoms with Crippen LogP contribution in [0.15, 0.2) is 18.2 Å². The third-order valence-corrected chi connectivity index (χ3v) is 3.16. The van der Waals surface area contributed by atoms with Crippen molar-refractivity contribution in [3.8, 4) is 0 Å². The van der Waals surface area contributed by atoms with Gasteiger partial charge in [0.25, 0.3) is 11.6 Å². The lowest BCUT2D eigenvalue weighted by atomic mass is 10.1. The number of hydrogen-bond donors (Lipinski definition) is 2. The summed E-state index contributed by atoms with van der Waals surface area (Å²) in [7, 11) is 0. The molecule has 3 N–H and O–H groups in total. The summed E-state index contributed by atoms with van der Waals surface area (Å²) in [6.45, 7) is 0.811. The maximum absolute atomic E-state index is 12.2. The highest BCUT2D eigenvalue weighted by Gasteiger charge is 2.24. The Morgan fingerprint density at radius 1 is 1.53 bits per heavy atom. The summed E-state index contributed by atoms with van der Waals surface area (Å²) >= 11 is 0. The van der Waals surface area contributed by atoms with E-state index in [2.05, 4.69) is 0 Å². The Kier molecular flexibility index (Phi) is 3.66. The number of likely N-dealkylation sites (tertiary alicyclic amines) is 1. The van der Waals surface area contributed by atoms with E-state index in [1.54, 1.807) is 0 Å². The fraction of sp³-hybridized carbons (Fsp3) is 0.417. The van der Waals surface area contributed by atoms with Crippen molar-refractivity contribution in [2.45, 2.75) is 18.9 Å². The normalized spacial score (nSPS) is 19.2. The Bertz CT molecular complexity index is 518. The molecule has 1 unspecified atom stereocenters. The van der Waals surface area contributed by atoms with E-state index < -0.39 is 11.0 Å². The number of aliphatic hydroxyl groups excluding tert-OH is 1. The second-order valence-corrected chi connectivity index (χ2v) is 4.58. The molecular weight excluding hydrogens is 250 g/mol. The predicted octanol–water partition coefficient (Wildman–Crippen LogP) is 0.774. The Balaban J connectivity index is 2.24. The van der Waals surface area contributed by atoms with Gasteiger partial charge in [-0.3, -0.25) is 14.9 Å². The fourth-order valence-electron chi connectivity index (χ4n) is 2.16. The van der Waals surface area contributed by atoms with Gasteiger partial charge < -0.3 is 15.7 Å². The van der Waals surface area contributed by atoms with Gasteiger partial charge in [0.1, 0.15) is 5.69 Å².